The third-order valence-corrected chi connectivity index (χ3v) is 3.29. The van der Waals surface area contributed by atoms with Gasteiger partial charge in [-0.15, -0.1) is 0 Å². The molecule has 22 heavy (non-hydrogen) atoms. The second kappa shape index (κ2) is 7.53. The van der Waals surface area contributed by atoms with Gasteiger partial charge in [0.15, 0.2) is 0 Å². The van der Waals surface area contributed by atoms with Gasteiger partial charge in [-0.2, -0.15) is 0 Å². The molecule has 0 aliphatic rings. The zero-order valence-corrected chi connectivity index (χ0v) is 12.2. The van der Waals surface area contributed by atoms with Gasteiger partial charge >= 0.3 is 0 Å². The number of methoxy groups -OCH3 is 1. The van der Waals surface area contributed by atoms with E-state index in [-0.39, 0.29) is 5.69 Å². The number of rotatable bonds is 7. The molecule has 0 heterocycles. The maximum absolute atomic E-state index is 10.6. The first-order valence-corrected chi connectivity index (χ1v) is 6.86. The minimum absolute atomic E-state index is 0.0696. The highest BCUT2D eigenvalue weighted by atomic mass is 16.6. The Hall–Kier alpha value is -2.44. The van der Waals surface area contributed by atoms with E-state index in [1.807, 2.05) is 18.2 Å². The molecule has 2 aromatic rings. The molecule has 2 aromatic carbocycles. The Morgan fingerprint density at radius 2 is 2.00 bits per heavy atom. The second-order valence-corrected chi connectivity index (χ2v) is 4.85. The van der Waals surface area contributed by atoms with Gasteiger partial charge in [0.2, 0.25) is 0 Å². The second-order valence-electron chi connectivity index (χ2n) is 4.85. The largest absolute Gasteiger partial charge is 0.497 e. The monoisotopic (exact) mass is 302 g/mol. The number of nitrogens with one attached hydrogen (secondary N) is 1. The summed E-state index contributed by atoms with van der Waals surface area (Å²) in [6.07, 6.45) is -0.645. The lowest BCUT2D eigenvalue weighted by Crippen LogP contribution is -2.21. The van der Waals surface area contributed by atoms with Gasteiger partial charge < -0.3 is 15.2 Å². The molecule has 116 valence electrons. The van der Waals surface area contributed by atoms with Crippen LogP contribution in [0, 0.1) is 10.1 Å². The normalized spacial score (nSPS) is 11.9. The number of aliphatic hydroxyl groups is 1. The van der Waals surface area contributed by atoms with Crippen LogP contribution in [0.15, 0.2) is 48.5 Å². The highest BCUT2D eigenvalue weighted by Gasteiger charge is 2.08. The molecule has 0 aromatic heterocycles. The molecule has 6 heteroatoms. The van der Waals surface area contributed by atoms with Crippen molar-refractivity contribution in [3.8, 4) is 5.75 Å². The first kappa shape index (κ1) is 15.9. The molecule has 1 atom stereocenters. The van der Waals surface area contributed by atoms with Crippen molar-refractivity contribution >= 4 is 5.69 Å². The van der Waals surface area contributed by atoms with Crippen LogP contribution >= 0.6 is 0 Å². The summed E-state index contributed by atoms with van der Waals surface area (Å²) >= 11 is 0. The molecule has 2 N–H and O–H groups in total. The van der Waals surface area contributed by atoms with Crippen molar-refractivity contribution in [2.75, 3.05) is 13.7 Å². The fourth-order valence-electron chi connectivity index (χ4n) is 2.06. The van der Waals surface area contributed by atoms with Gasteiger partial charge in [-0.1, -0.05) is 24.3 Å². The lowest BCUT2D eigenvalue weighted by atomic mass is 10.1. The van der Waals surface area contributed by atoms with Crippen LogP contribution in [-0.2, 0) is 6.54 Å². The smallest absolute Gasteiger partial charge is 0.269 e. The minimum Gasteiger partial charge on any atom is -0.497 e. The van der Waals surface area contributed by atoms with Crippen molar-refractivity contribution in [2.45, 2.75) is 12.6 Å². The van der Waals surface area contributed by atoms with Crippen LogP contribution in [0.3, 0.4) is 0 Å². The Bertz CT molecular complexity index is 628. The highest BCUT2D eigenvalue weighted by Crippen LogP contribution is 2.18. The quantitative estimate of drug-likeness (QED) is 0.606. The number of nitro benzene ring substituents is 1. The summed E-state index contributed by atoms with van der Waals surface area (Å²) in [4.78, 5) is 10.1. The Labute approximate surface area is 128 Å². The minimum atomic E-state index is -0.645. The number of nitrogens with zero attached hydrogens (tertiary/aromatic N) is 1. The molecular formula is C16H18N2O4. The van der Waals surface area contributed by atoms with Crippen LogP contribution in [0.2, 0.25) is 0 Å². The third-order valence-electron chi connectivity index (χ3n) is 3.29. The maximum atomic E-state index is 10.6. The molecule has 0 fully saturated rings. The SMILES string of the molecule is COc1cccc(C(O)CNCc2ccc([N+](=O)[O-])cc2)c1. The number of nitro groups is 1. The Balaban J connectivity index is 1.86. The van der Waals surface area contributed by atoms with Crippen LogP contribution in [0.4, 0.5) is 5.69 Å². The van der Waals surface area contributed by atoms with Crippen LogP contribution in [0.5, 0.6) is 5.75 Å². The number of ether oxygens (including phenoxy) is 1. The van der Waals surface area contributed by atoms with Gasteiger partial charge in [0, 0.05) is 25.2 Å². The van der Waals surface area contributed by atoms with E-state index in [1.54, 1.807) is 25.3 Å². The van der Waals surface area contributed by atoms with Crippen LogP contribution < -0.4 is 10.1 Å². The molecule has 0 aliphatic carbocycles. The Morgan fingerprint density at radius 3 is 2.64 bits per heavy atom. The van der Waals surface area contributed by atoms with E-state index in [4.69, 9.17) is 4.74 Å². The summed E-state index contributed by atoms with van der Waals surface area (Å²) in [5.41, 5.74) is 1.76. The number of benzene rings is 2. The van der Waals surface area contributed by atoms with Gasteiger partial charge in [-0.3, -0.25) is 10.1 Å². The molecule has 2 rings (SSSR count). The fraction of sp³-hybridized carbons (Fsp3) is 0.250. The van der Waals surface area contributed by atoms with Gasteiger partial charge in [0.25, 0.3) is 5.69 Å². The molecular weight excluding hydrogens is 284 g/mol. The molecule has 0 bridgehead atoms. The van der Waals surface area contributed by atoms with E-state index < -0.39 is 11.0 Å². The average molecular weight is 302 g/mol. The summed E-state index contributed by atoms with van der Waals surface area (Å²) in [6.45, 7) is 0.906. The van der Waals surface area contributed by atoms with Crippen LogP contribution in [0.1, 0.15) is 17.2 Å². The van der Waals surface area contributed by atoms with Gasteiger partial charge in [-0.05, 0) is 23.3 Å². The summed E-state index contributed by atoms with van der Waals surface area (Å²) in [5.74, 6) is 0.701. The van der Waals surface area contributed by atoms with E-state index in [1.165, 1.54) is 12.1 Å². The Kier molecular flexibility index (Phi) is 5.46. The zero-order valence-electron chi connectivity index (χ0n) is 12.2. The number of hydrogen-bond acceptors (Lipinski definition) is 5. The molecule has 0 aliphatic heterocycles. The molecule has 0 saturated heterocycles. The van der Waals surface area contributed by atoms with E-state index in [0.29, 0.717) is 18.8 Å². The van der Waals surface area contributed by atoms with Crippen molar-refractivity contribution in [3.05, 3.63) is 69.8 Å². The first-order valence-electron chi connectivity index (χ1n) is 6.86. The predicted molar refractivity (Wildman–Crippen MR) is 82.8 cm³/mol. The Morgan fingerprint density at radius 1 is 1.27 bits per heavy atom. The van der Waals surface area contributed by atoms with Crippen molar-refractivity contribution in [2.24, 2.45) is 0 Å². The molecule has 0 saturated carbocycles. The van der Waals surface area contributed by atoms with Crippen molar-refractivity contribution in [1.82, 2.24) is 5.32 Å². The fourth-order valence-corrected chi connectivity index (χ4v) is 2.06. The number of aliphatic hydroxyl groups excluding tert-OH is 1. The van der Waals surface area contributed by atoms with Crippen molar-refractivity contribution < 1.29 is 14.8 Å². The van der Waals surface area contributed by atoms with E-state index in [9.17, 15) is 15.2 Å². The van der Waals surface area contributed by atoms with Crippen LogP contribution in [-0.4, -0.2) is 23.7 Å². The summed E-state index contributed by atoms with van der Waals surface area (Å²) < 4.78 is 5.12. The maximum Gasteiger partial charge on any atom is 0.269 e. The number of hydrogen-bond donors (Lipinski definition) is 2. The zero-order chi connectivity index (χ0) is 15.9. The number of non-ortho nitro benzene ring substituents is 1. The summed E-state index contributed by atoms with van der Waals surface area (Å²) in [6, 6.07) is 13.6. The van der Waals surface area contributed by atoms with E-state index >= 15 is 0 Å². The average Bonchev–Trinajstić information content (AvgIpc) is 2.55. The molecule has 6 nitrogen and oxygen atoms in total. The molecule has 0 radical (unpaired) electrons. The molecule has 1 unspecified atom stereocenters. The lowest BCUT2D eigenvalue weighted by Gasteiger charge is -2.13. The molecule has 0 amide bonds. The predicted octanol–water partition coefficient (Wildman–Crippen LogP) is 2.43. The lowest BCUT2D eigenvalue weighted by molar-refractivity contribution is -0.384. The van der Waals surface area contributed by atoms with Crippen molar-refractivity contribution in [3.63, 3.8) is 0 Å². The highest BCUT2D eigenvalue weighted by molar-refractivity contribution is 5.33. The topological polar surface area (TPSA) is 84.6 Å². The molecule has 0 spiro atoms. The summed E-state index contributed by atoms with van der Waals surface area (Å²) in [5, 5.41) is 23.8. The van der Waals surface area contributed by atoms with Gasteiger partial charge in [-0.25, -0.2) is 0 Å². The van der Waals surface area contributed by atoms with Crippen LogP contribution in [0.25, 0.3) is 0 Å². The third kappa shape index (κ3) is 4.28. The standard InChI is InChI=1S/C16H18N2O4/c1-22-15-4-2-3-13(9-15)16(19)11-17-10-12-5-7-14(8-6-12)18(20)21/h2-9,16-17,19H,10-11H2,1H3. The van der Waals surface area contributed by atoms with E-state index in [0.717, 1.165) is 11.1 Å². The van der Waals surface area contributed by atoms with E-state index in [2.05, 4.69) is 5.32 Å². The van der Waals surface area contributed by atoms with Gasteiger partial charge in [0.05, 0.1) is 18.1 Å². The summed E-state index contributed by atoms with van der Waals surface area (Å²) in [7, 11) is 1.58. The van der Waals surface area contributed by atoms with Crippen molar-refractivity contribution in [1.29, 1.82) is 0 Å². The first-order chi connectivity index (χ1) is 10.6. The van der Waals surface area contributed by atoms with Gasteiger partial charge in [0.1, 0.15) is 5.75 Å².